The van der Waals surface area contributed by atoms with E-state index in [9.17, 15) is 4.79 Å². The second-order valence-electron chi connectivity index (χ2n) is 4.04. The summed E-state index contributed by atoms with van der Waals surface area (Å²) >= 11 is 0. The summed E-state index contributed by atoms with van der Waals surface area (Å²) in [4.78, 5) is 12.8. The average molecular weight is 273 g/mol. The molecule has 0 aliphatic rings. The Bertz CT molecular complexity index is 558. The smallest absolute Gasteiger partial charge is 0.335 e. The van der Waals surface area contributed by atoms with Gasteiger partial charge in [0.05, 0.1) is 35.9 Å². The normalized spacial score (nSPS) is 9.55. The van der Waals surface area contributed by atoms with E-state index in [4.69, 9.17) is 20.4 Å². The zero-order valence-corrected chi connectivity index (χ0v) is 11.2. The van der Waals surface area contributed by atoms with Crippen molar-refractivity contribution in [1.29, 1.82) is 10.5 Å². The molecule has 0 saturated heterocycles. The maximum Gasteiger partial charge on any atom is 0.335 e. The Balaban J connectivity index is 3.09. The molecule has 6 heteroatoms. The van der Waals surface area contributed by atoms with Crippen molar-refractivity contribution in [2.75, 3.05) is 31.7 Å². The Morgan fingerprint density at radius 2 is 2.15 bits per heavy atom. The predicted molar refractivity (Wildman–Crippen MR) is 72.4 cm³/mol. The zero-order valence-electron chi connectivity index (χ0n) is 11.2. The molecule has 20 heavy (non-hydrogen) atoms. The van der Waals surface area contributed by atoms with Gasteiger partial charge in [-0.3, -0.25) is 0 Å². The third kappa shape index (κ3) is 3.98. The molecule has 1 aromatic rings. The van der Waals surface area contributed by atoms with E-state index in [2.05, 4.69) is 6.07 Å². The summed E-state index contributed by atoms with van der Waals surface area (Å²) in [6.45, 7) is 1.44. The van der Waals surface area contributed by atoms with Crippen LogP contribution < -0.4 is 4.90 Å². The van der Waals surface area contributed by atoms with E-state index in [0.717, 1.165) is 0 Å². The molecule has 0 aromatic heterocycles. The largest absolute Gasteiger partial charge is 0.478 e. The molecule has 0 fully saturated rings. The van der Waals surface area contributed by atoms with Gasteiger partial charge >= 0.3 is 5.97 Å². The lowest BCUT2D eigenvalue weighted by Gasteiger charge is -2.24. The summed E-state index contributed by atoms with van der Waals surface area (Å²) in [6, 6.07) is 8.43. The highest BCUT2D eigenvalue weighted by atomic mass is 16.5. The van der Waals surface area contributed by atoms with Crippen molar-refractivity contribution in [3.8, 4) is 12.1 Å². The summed E-state index contributed by atoms with van der Waals surface area (Å²) in [6.07, 6.45) is 0.315. The molecule has 6 nitrogen and oxygen atoms in total. The number of carbonyl (C=O) groups is 1. The fourth-order valence-corrected chi connectivity index (χ4v) is 1.77. The zero-order chi connectivity index (χ0) is 15.0. The molecule has 0 saturated carbocycles. The maximum absolute atomic E-state index is 10.9. The van der Waals surface area contributed by atoms with E-state index in [1.807, 2.05) is 11.0 Å². The molecule has 0 bridgehead atoms. The number of aromatic carboxylic acids is 1. The fourth-order valence-electron chi connectivity index (χ4n) is 1.77. The summed E-state index contributed by atoms with van der Waals surface area (Å²) in [7, 11) is 1.57. The summed E-state index contributed by atoms with van der Waals surface area (Å²) in [5.41, 5.74) is 0.959. The van der Waals surface area contributed by atoms with E-state index in [0.29, 0.717) is 31.8 Å². The number of hydrogen-bond acceptors (Lipinski definition) is 5. The topological polar surface area (TPSA) is 97.3 Å². The molecule has 1 rings (SSSR count). The van der Waals surface area contributed by atoms with Crippen LogP contribution in [0, 0.1) is 22.7 Å². The summed E-state index contributed by atoms with van der Waals surface area (Å²) in [5.74, 6) is -1.08. The first-order chi connectivity index (χ1) is 9.63. The van der Waals surface area contributed by atoms with Gasteiger partial charge in [-0.2, -0.15) is 10.5 Å². The number of methoxy groups -OCH3 is 1. The Kier molecular flexibility index (Phi) is 6.02. The van der Waals surface area contributed by atoms with Gasteiger partial charge in [0.1, 0.15) is 6.07 Å². The van der Waals surface area contributed by atoms with Gasteiger partial charge in [0, 0.05) is 20.2 Å². The Morgan fingerprint density at radius 3 is 2.70 bits per heavy atom. The van der Waals surface area contributed by atoms with Crippen molar-refractivity contribution in [3.63, 3.8) is 0 Å². The Hall–Kier alpha value is -2.57. The van der Waals surface area contributed by atoms with Crippen LogP contribution in [0.3, 0.4) is 0 Å². The van der Waals surface area contributed by atoms with Crippen LogP contribution in [0.5, 0.6) is 0 Å². The molecule has 0 amide bonds. The van der Waals surface area contributed by atoms with Gasteiger partial charge in [-0.05, 0) is 18.2 Å². The molecule has 0 unspecified atom stereocenters. The predicted octanol–water partition coefficient (Wildman–Crippen LogP) is 1.62. The highest BCUT2D eigenvalue weighted by molar-refractivity contribution is 5.89. The molecule has 1 aromatic carbocycles. The SMILES string of the molecule is COCCN(CCC#N)c1ccc(C(=O)O)cc1C#N. The quantitative estimate of drug-likeness (QED) is 0.810. The number of nitrogens with zero attached hydrogens (tertiary/aromatic N) is 3. The molecule has 104 valence electrons. The van der Waals surface area contributed by atoms with Crippen molar-refractivity contribution in [3.05, 3.63) is 29.3 Å². The number of carboxylic acid groups (broad SMARTS) is 1. The third-order valence-corrected chi connectivity index (χ3v) is 2.76. The molecule has 0 spiro atoms. The second-order valence-corrected chi connectivity index (χ2v) is 4.04. The minimum absolute atomic E-state index is 0.0669. The Labute approximate surface area is 117 Å². The van der Waals surface area contributed by atoms with Gasteiger partial charge in [0.25, 0.3) is 0 Å². The first-order valence-corrected chi connectivity index (χ1v) is 6.02. The Morgan fingerprint density at radius 1 is 1.40 bits per heavy atom. The molecular formula is C14H15N3O3. The molecule has 1 N–H and O–H groups in total. The highest BCUT2D eigenvalue weighted by Gasteiger charge is 2.13. The lowest BCUT2D eigenvalue weighted by atomic mass is 10.1. The number of carboxylic acids is 1. The lowest BCUT2D eigenvalue weighted by molar-refractivity contribution is 0.0697. The summed E-state index contributed by atoms with van der Waals surface area (Å²) < 4.78 is 5.01. The highest BCUT2D eigenvalue weighted by Crippen LogP contribution is 2.22. The minimum atomic E-state index is -1.08. The first kappa shape index (κ1) is 15.5. The van der Waals surface area contributed by atoms with Crippen LogP contribution >= 0.6 is 0 Å². The summed E-state index contributed by atoms with van der Waals surface area (Å²) in [5, 5.41) is 26.8. The molecule has 0 radical (unpaired) electrons. The number of ether oxygens (including phenoxy) is 1. The second kappa shape index (κ2) is 7.78. The number of rotatable bonds is 7. The molecule has 0 aliphatic heterocycles. The van der Waals surface area contributed by atoms with E-state index in [1.165, 1.54) is 12.1 Å². The fraction of sp³-hybridized carbons (Fsp3) is 0.357. The van der Waals surface area contributed by atoms with Crippen LogP contribution in [0.4, 0.5) is 5.69 Å². The maximum atomic E-state index is 10.9. The third-order valence-electron chi connectivity index (χ3n) is 2.76. The van der Waals surface area contributed by atoms with Crippen molar-refractivity contribution < 1.29 is 14.6 Å². The minimum Gasteiger partial charge on any atom is -0.478 e. The number of hydrogen-bond donors (Lipinski definition) is 1. The molecule has 0 heterocycles. The van der Waals surface area contributed by atoms with E-state index in [-0.39, 0.29) is 11.1 Å². The average Bonchev–Trinajstić information content (AvgIpc) is 2.47. The molecule has 0 atom stereocenters. The van der Waals surface area contributed by atoms with Gasteiger partial charge in [-0.1, -0.05) is 0 Å². The van der Waals surface area contributed by atoms with Gasteiger partial charge < -0.3 is 14.7 Å². The monoisotopic (exact) mass is 273 g/mol. The number of anilines is 1. The van der Waals surface area contributed by atoms with E-state index in [1.54, 1.807) is 13.2 Å². The number of benzene rings is 1. The van der Waals surface area contributed by atoms with Crippen molar-refractivity contribution in [1.82, 2.24) is 0 Å². The molecule has 0 aliphatic carbocycles. The van der Waals surface area contributed by atoms with Crippen LogP contribution in [0.25, 0.3) is 0 Å². The van der Waals surface area contributed by atoms with Crippen LogP contribution in [0.1, 0.15) is 22.3 Å². The van der Waals surface area contributed by atoms with Crippen LogP contribution in [-0.4, -0.2) is 37.9 Å². The van der Waals surface area contributed by atoms with E-state index >= 15 is 0 Å². The van der Waals surface area contributed by atoms with Crippen molar-refractivity contribution in [2.45, 2.75) is 6.42 Å². The number of nitriles is 2. The lowest BCUT2D eigenvalue weighted by Crippen LogP contribution is -2.29. The van der Waals surface area contributed by atoms with Gasteiger partial charge in [-0.15, -0.1) is 0 Å². The van der Waals surface area contributed by atoms with Crippen molar-refractivity contribution in [2.24, 2.45) is 0 Å². The van der Waals surface area contributed by atoms with E-state index < -0.39 is 5.97 Å². The van der Waals surface area contributed by atoms with Crippen LogP contribution in [0.15, 0.2) is 18.2 Å². The first-order valence-electron chi connectivity index (χ1n) is 6.02. The van der Waals surface area contributed by atoms with Gasteiger partial charge in [0.2, 0.25) is 0 Å². The standard InChI is InChI=1S/C14H15N3O3/c1-20-8-7-17(6-2-5-15)13-4-3-11(14(18)19)9-12(13)10-16/h3-4,9H,2,6-8H2,1H3,(H,18,19). The van der Waals surface area contributed by atoms with Crippen LogP contribution in [-0.2, 0) is 4.74 Å². The molecular weight excluding hydrogens is 258 g/mol. The van der Waals surface area contributed by atoms with Gasteiger partial charge in [-0.25, -0.2) is 4.79 Å². The van der Waals surface area contributed by atoms with Crippen molar-refractivity contribution >= 4 is 11.7 Å². The van der Waals surface area contributed by atoms with Crippen LogP contribution in [0.2, 0.25) is 0 Å². The van der Waals surface area contributed by atoms with Gasteiger partial charge in [0.15, 0.2) is 0 Å².